The Hall–Kier alpha value is -2.77. The minimum atomic E-state index is -0.0137. The smallest absolute Gasteiger partial charge is 0.274 e. The Morgan fingerprint density at radius 1 is 0.968 bits per heavy atom. The number of rotatable bonds is 4. The Morgan fingerprint density at radius 2 is 1.74 bits per heavy atom. The van der Waals surface area contributed by atoms with Crippen molar-refractivity contribution >= 4 is 11.8 Å². The van der Waals surface area contributed by atoms with Gasteiger partial charge in [0.05, 0.1) is 17.6 Å². The third-order valence-corrected chi connectivity index (χ3v) is 6.64. The average molecular weight is 425 g/mol. The van der Waals surface area contributed by atoms with Gasteiger partial charge in [0, 0.05) is 37.6 Å². The lowest BCUT2D eigenvalue weighted by atomic mass is 9.83. The molecular weight excluding hydrogens is 392 g/mol. The van der Waals surface area contributed by atoms with Crippen LogP contribution in [0.4, 0.5) is 0 Å². The van der Waals surface area contributed by atoms with Crippen molar-refractivity contribution in [2.24, 2.45) is 5.92 Å². The van der Waals surface area contributed by atoms with Gasteiger partial charge in [0.1, 0.15) is 12.2 Å². The van der Waals surface area contributed by atoms with Gasteiger partial charge in [0.15, 0.2) is 0 Å². The van der Waals surface area contributed by atoms with Gasteiger partial charge in [-0.2, -0.15) is 5.10 Å². The van der Waals surface area contributed by atoms with Gasteiger partial charge in [-0.25, -0.2) is 4.98 Å². The van der Waals surface area contributed by atoms with Crippen LogP contribution in [0.3, 0.4) is 0 Å². The van der Waals surface area contributed by atoms with Crippen molar-refractivity contribution in [3.8, 4) is 0 Å². The van der Waals surface area contributed by atoms with E-state index in [-0.39, 0.29) is 17.9 Å². The van der Waals surface area contributed by atoms with Crippen LogP contribution in [0.1, 0.15) is 59.7 Å². The highest BCUT2D eigenvalue weighted by molar-refractivity contribution is 5.92. The number of aryl methyl sites for hydroxylation is 3. The Labute approximate surface area is 183 Å². The standard InChI is InChI=1S/C23H32N6O2/c1-16-12-18(3)29(26-16)15-22(30)27-10-7-19(8-11-27)21-6-4-5-9-28(21)23(31)20-14-24-17(2)13-25-20/h12-14,19,21H,4-11,15H2,1-3H3. The summed E-state index contributed by atoms with van der Waals surface area (Å²) in [6.07, 6.45) is 8.29. The number of carbonyl (C=O) groups excluding carboxylic acids is 2. The van der Waals surface area contributed by atoms with Gasteiger partial charge in [-0.3, -0.25) is 19.3 Å². The quantitative estimate of drug-likeness (QED) is 0.753. The SMILES string of the molecule is Cc1cnc(C(=O)N2CCCCC2C2CCN(C(=O)Cn3nc(C)cc3C)CC2)cn1. The third kappa shape index (κ3) is 4.78. The lowest BCUT2D eigenvalue weighted by molar-refractivity contribution is -0.133. The molecule has 4 heterocycles. The first kappa shape index (κ1) is 21.5. The molecule has 2 amide bonds. The first-order valence-corrected chi connectivity index (χ1v) is 11.3. The van der Waals surface area contributed by atoms with Crippen LogP contribution in [0.15, 0.2) is 18.5 Å². The molecule has 2 saturated heterocycles. The lowest BCUT2D eigenvalue weighted by Crippen LogP contribution is -2.51. The predicted octanol–water partition coefficient (Wildman–Crippen LogP) is 2.53. The molecule has 8 nitrogen and oxygen atoms in total. The van der Waals surface area contributed by atoms with Crippen molar-refractivity contribution in [2.45, 2.75) is 65.5 Å². The van der Waals surface area contributed by atoms with E-state index in [0.717, 1.165) is 68.8 Å². The predicted molar refractivity (Wildman–Crippen MR) is 116 cm³/mol. The molecule has 2 aliphatic rings. The molecule has 2 aromatic rings. The zero-order chi connectivity index (χ0) is 22.0. The molecule has 2 aromatic heterocycles. The monoisotopic (exact) mass is 424 g/mol. The van der Waals surface area contributed by atoms with E-state index in [1.165, 1.54) is 0 Å². The minimum Gasteiger partial charge on any atom is -0.341 e. The minimum absolute atomic E-state index is 0.0137. The summed E-state index contributed by atoms with van der Waals surface area (Å²) in [7, 11) is 0. The van der Waals surface area contributed by atoms with Gasteiger partial charge >= 0.3 is 0 Å². The molecule has 2 fully saturated rings. The zero-order valence-electron chi connectivity index (χ0n) is 18.8. The second-order valence-electron chi connectivity index (χ2n) is 8.91. The van der Waals surface area contributed by atoms with Crippen LogP contribution < -0.4 is 0 Å². The number of amides is 2. The molecule has 2 aliphatic heterocycles. The molecule has 166 valence electrons. The number of aromatic nitrogens is 4. The molecule has 0 radical (unpaired) electrons. The molecule has 0 bridgehead atoms. The Kier molecular flexibility index (Phi) is 6.34. The van der Waals surface area contributed by atoms with Gasteiger partial charge in [-0.1, -0.05) is 0 Å². The average Bonchev–Trinajstić information content (AvgIpc) is 3.10. The van der Waals surface area contributed by atoms with Crippen molar-refractivity contribution in [3.63, 3.8) is 0 Å². The van der Waals surface area contributed by atoms with Crippen LogP contribution in [0.25, 0.3) is 0 Å². The van der Waals surface area contributed by atoms with E-state index in [2.05, 4.69) is 15.1 Å². The second-order valence-corrected chi connectivity index (χ2v) is 8.91. The molecular formula is C23H32N6O2. The maximum Gasteiger partial charge on any atom is 0.274 e. The molecule has 0 aliphatic carbocycles. The maximum absolute atomic E-state index is 13.1. The molecule has 31 heavy (non-hydrogen) atoms. The molecule has 0 N–H and O–H groups in total. The lowest BCUT2D eigenvalue weighted by Gasteiger charge is -2.43. The number of hydrogen-bond acceptors (Lipinski definition) is 5. The molecule has 0 aromatic carbocycles. The van der Waals surface area contributed by atoms with E-state index in [0.29, 0.717) is 18.2 Å². The van der Waals surface area contributed by atoms with Crippen molar-refractivity contribution in [2.75, 3.05) is 19.6 Å². The van der Waals surface area contributed by atoms with E-state index in [1.807, 2.05) is 36.6 Å². The Morgan fingerprint density at radius 3 is 2.39 bits per heavy atom. The third-order valence-electron chi connectivity index (χ3n) is 6.64. The summed E-state index contributed by atoms with van der Waals surface area (Å²) >= 11 is 0. The fraction of sp³-hybridized carbons (Fsp3) is 0.609. The molecule has 8 heteroatoms. The van der Waals surface area contributed by atoms with Crippen LogP contribution in [0, 0.1) is 26.7 Å². The first-order valence-electron chi connectivity index (χ1n) is 11.3. The van der Waals surface area contributed by atoms with Gasteiger partial charge in [-0.05, 0) is 64.9 Å². The summed E-state index contributed by atoms with van der Waals surface area (Å²) < 4.78 is 1.79. The van der Waals surface area contributed by atoms with Gasteiger partial charge < -0.3 is 9.80 Å². The fourth-order valence-corrected chi connectivity index (χ4v) is 4.95. The summed E-state index contributed by atoms with van der Waals surface area (Å²) in [5.41, 5.74) is 3.18. The van der Waals surface area contributed by atoms with Crippen molar-refractivity contribution in [1.82, 2.24) is 29.5 Å². The van der Waals surface area contributed by atoms with Crippen molar-refractivity contribution in [3.05, 3.63) is 41.2 Å². The molecule has 0 spiro atoms. The van der Waals surface area contributed by atoms with Crippen LogP contribution >= 0.6 is 0 Å². The fourth-order valence-electron chi connectivity index (χ4n) is 4.95. The van der Waals surface area contributed by atoms with Crippen LogP contribution in [-0.2, 0) is 11.3 Å². The Bertz CT molecular complexity index is 930. The zero-order valence-corrected chi connectivity index (χ0v) is 18.8. The number of likely N-dealkylation sites (tertiary alicyclic amines) is 2. The number of nitrogens with zero attached hydrogens (tertiary/aromatic N) is 6. The van der Waals surface area contributed by atoms with E-state index in [4.69, 9.17) is 0 Å². The van der Waals surface area contributed by atoms with Crippen LogP contribution in [-0.4, -0.2) is 67.0 Å². The van der Waals surface area contributed by atoms with Crippen LogP contribution in [0.5, 0.6) is 0 Å². The first-order chi connectivity index (χ1) is 14.9. The summed E-state index contributed by atoms with van der Waals surface area (Å²) in [5, 5.41) is 4.41. The highest BCUT2D eigenvalue weighted by atomic mass is 16.2. The largest absolute Gasteiger partial charge is 0.341 e. The van der Waals surface area contributed by atoms with Gasteiger partial charge in [0.2, 0.25) is 5.91 Å². The van der Waals surface area contributed by atoms with E-state index >= 15 is 0 Å². The molecule has 4 rings (SSSR count). The molecule has 1 unspecified atom stereocenters. The number of piperidine rings is 2. The second kappa shape index (κ2) is 9.16. The number of carbonyl (C=O) groups is 2. The maximum atomic E-state index is 13.1. The van der Waals surface area contributed by atoms with Crippen LogP contribution in [0.2, 0.25) is 0 Å². The number of hydrogen-bond donors (Lipinski definition) is 0. The van der Waals surface area contributed by atoms with Gasteiger partial charge in [-0.15, -0.1) is 0 Å². The van der Waals surface area contributed by atoms with E-state index < -0.39 is 0 Å². The topological polar surface area (TPSA) is 84.2 Å². The highest BCUT2D eigenvalue weighted by Gasteiger charge is 2.36. The van der Waals surface area contributed by atoms with Crippen molar-refractivity contribution in [1.29, 1.82) is 0 Å². The normalized spacial score (nSPS) is 20.2. The summed E-state index contributed by atoms with van der Waals surface area (Å²) in [6.45, 7) is 8.35. The summed E-state index contributed by atoms with van der Waals surface area (Å²) in [6, 6.07) is 2.21. The van der Waals surface area contributed by atoms with E-state index in [9.17, 15) is 9.59 Å². The molecule has 0 saturated carbocycles. The summed E-state index contributed by atoms with van der Waals surface area (Å²) in [4.78, 5) is 38.4. The summed E-state index contributed by atoms with van der Waals surface area (Å²) in [5.74, 6) is 0.525. The molecule has 1 atom stereocenters. The van der Waals surface area contributed by atoms with Gasteiger partial charge in [0.25, 0.3) is 5.91 Å². The van der Waals surface area contributed by atoms with Crippen molar-refractivity contribution < 1.29 is 9.59 Å². The Balaban J connectivity index is 1.37. The highest BCUT2D eigenvalue weighted by Crippen LogP contribution is 2.31. The van der Waals surface area contributed by atoms with E-state index in [1.54, 1.807) is 17.1 Å².